The van der Waals surface area contributed by atoms with E-state index in [0.717, 1.165) is 29.1 Å². The van der Waals surface area contributed by atoms with Gasteiger partial charge in [0.15, 0.2) is 0 Å². The maximum Gasteiger partial charge on any atom is 0.225 e. The number of amides is 2. The number of nitrogens with zero attached hydrogens (tertiary/aromatic N) is 2. The molecule has 0 saturated carbocycles. The van der Waals surface area contributed by atoms with Crippen LogP contribution in [0, 0.1) is 0 Å². The van der Waals surface area contributed by atoms with E-state index >= 15 is 0 Å². The van der Waals surface area contributed by atoms with Crippen LogP contribution in [-0.2, 0) is 9.59 Å². The zero-order valence-corrected chi connectivity index (χ0v) is 14.4. The van der Waals surface area contributed by atoms with Gasteiger partial charge in [0, 0.05) is 32.0 Å². The fourth-order valence-corrected chi connectivity index (χ4v) is 4.52. The summed E-state index contributed by atoms with van der Waals surface area (Å²) < 4.78 is 0. The SMILES string of the molecule is CC(=O)N1C=Cc2ccccc2C1CC(=O)N(C)C1CCSC1. The van der Waals surface area contributed by atoms with Gasteiger partial charge in [-0.1, -0.05) is 24.3 Å². The van der Waals surface area contributed by atoms with E-state index < -0.39 is 0 Å². The average molecular weight is 330 g/mol. The minimum Gasteiger partial charge on any atom is -0.342 e. The van der Waals surface area contributed by atoms with Crippen LogP contribution in [0.5, 0.6) is 0 Å². The summed E-state index contributed by atoms with van der Waals surface area (Å²) in [5, 5.41) is 0. The van der Waals surface area contributed by atoms with E-state index in [1.165, 1.54) is 0 Å². The van der Waals surface area contributed by atoms with Crippen molar-refractivity contribution in [1.29, 1.82) is 0 Å². The summed E-state index contributed by atoms with van der Waals surface area (Å²) in [6.07, 6.45) is 5.13. The van der Waals surface area contributed by atoms with Crippen molar-refractivity contribution in [2.45, 2.75) is 31.8 Å². The molecule has 0 spiro atoms. The molecule has 0 radical (unpaired) electrons. The molecule has 2 amide bonds. The van der Waals surface area contributed by atoms with Crippen LogP contribution in [0.4, 0.5) is 0 Å². The Labute approximate surface area is 141 Å². The second kappa shape index (κ2) is 6.79. The number of carbonyl (C=O) groups excluding carboxylic acids is 2. The number of carbonyl (C=O) groups is 2. The highest BCUT2D eigenvalue weighted by Crippen LogP contribution is 2.33. The van der Waals surface area contributed by atoms with E-state index in [-0.39, 0.29) is 17.9 Å². The molecule has 3 rings (SSSR count). The van der Waals surface area contributed by atoms with Crippen molar-refractivity contribution in [3.63, 3.8) is 0 Å². The molecular weight excluding hydrogens is 308 g/mol. The van der Waals surface area contributed by atoms with Crippen LogP contribution in [0.3, 0.4) is 0 Å². The molecule has 1 saturated heterocycles. The molecular formula is C18H22N2O2S. The molecule has 5 heteroatoms. The van der Waals surface area contributed by atoms with E-state index in [9.17, 15) is 9.59 Å². The first-order valence-electron chi connectivity index (χ1n) is 7.97. The predicted octanol–water partition coefficient (Wildman–Crippen LogP) is 2.91. The summed E-state index contributed by atoms with van der Waals surface area (Å²) in [6, 6.07) is 8.10. The van der Waals surface area contributed by atoms with Gasteiger partial charge in [-0.25, -0.2) is 0 Å². The van der Waals surface area contributed by atoms with Crippen molar-refractivity contribution in [3.8, 4) is 0 Å². The summed E-state index contributed by atoms with van der Waals surface area (Å²) in [6.45, 7) is 1.55. The molecule has 23 heavy (non-hydrogen) atoms. The summed E-state index contributed by atoms with van der Waals surface area (Å²) in [5.74, 6) is 2.21. The Morgan fingerprint density at radius 3 is 2.83 bits per heavy atom. The van der Waals surface area contributed by atoms with Crippen LogP contribution < -0.4 is 0 Å². The van der Waals surface area contributed by atoms with E-state index in [1.54, 1.807) is 18.0 Å². The smallest absolute Gasteiger partial charge is 0.225 e. The minimum atomic E-state index is -0.210. The lowest BCUT2D eigenvalue weighted by atomic mass is 9.93. The molecule has 2 unspecified atom stereocenters. The molecule has 2 aliphatic heterocycles. The Hall–Kier alpha value is -1.75. The van der Waals surface area contributed by atoms with E-state index in [2.05, 4.69) is 0 Å². The van der Waals surface area contributed by atoms with Gasteiger partial charge in [-0.05, 0) is 29.4 Å². The molecule has 1 fully saturated rings. The molecule has 0 aromatic heterocycles. The highest BCUT2D eigenvalue weighted by atomic mass is 32.2. The van der Waals surface area contributed by atoms with Gasteiger partial charge in [-0.3, -0.25) is 9.59 Å². The monoisotopic (exact) mass is 330 g/mol. The van der Waals surface area contributed by atoms with Gasteiger partial charge >= 0.3 is 0 Å². The first kappa shape index (κ1) is 16.1. The fourth-order valence-electron chi connectivity index (χ4n) is 3.25. The quantitative estimate of drug-likeness (QED) is 0.855. The Balaban J connectivity index is 1.81. The van der Waals surface area contributed by atoms with Gasteiger partial charge in [0.05, 0.1) is 12.5 Å². The standard InChI is InChI=1S/C18H22N2O2S/c1-13(21)20-9-7-14-5-3-4-6-16(14)17(20)11-18(22)19(2)15-8-10-23-12-15/h3-7,9,15,17H,8,10-12H2,1-2H3. The van der Waals surface area contributed by atoms with Gasteiger partial charge in [0.1, 0.15) is 0 Å². The van der Waals surface area contributed by atoms with Crippen LogP contribution >= 0.6 is 11.8 Å². The molecule has 2 aliphatic rings. The third kappa shape index (κ3) is 3.29. The zero-order valence-electron chi connectivity index (χ0n) is 13.6. The maximum atomic E-state index is 12.7. The lowest BCUT2D eigenvalue weighted by Crippen LogP contribution is -2.40. The van der Waals surface area contributed by atoms with E-state index in [0.29, 0.717) is 12.5 Å². The lowest BCUT2D eigenvalue weighted by Gasteiger charge is -2.34. The van der Waals surface area contributed by atoms with E-state index in [1.807, 2.05) is 54.1 Å². The number of hydrogen-bond acceptors (Lipinski definition) is 3. The average Bonchev–Trinajstić information content (AvgIpc) is 3.08. The van der Waals surface area contributed by atoms with Crippen LogP contribution in [0.2, 0.25) is 0 Å². The topological polar surface area (TPSA) is 40.6 Å². The summed E-state index contributed by atoms with van der Waals surface area (Å²) in [7, 11) is 1.89. The predicted molar refractivity (Wildman–Crippen MR) is 93.9 cm³/mol. The van der Waals surface area contributed by atoms with Gasteiger partial charge in [-0.2, -0.15) is 11.8 Å². The van der Waals surface area contributed by atoms with Crippen molar-refractivity contribution < 1.29 is 9.59 Å². The van der Waals surface area contributed by atoms with Gasteiger partial charge in [0.25, 0.3) is 0 Å². The number of thioether (sulfide) groups is 1. The number of hydrogen-bond donors (Lipinski definition) is 0. The molecule has 122 valence electrons. The molecule has 0 N–H and O–H groups in total. The lowest BCUT2D eigenvalue weighted by molar-refractivity contribution is -0.134. The minimum absolute atomic E-state index is 0.0346. The number of rotatable bonds is 3. The first-order valence-corrected chi connectivity index (χ1v) is 9.13. The van der Waals surface area contributed by atoms with Crippen molar-refractivity contribution in [2.24, 2.45) is 0 Å². The van der Waals surface area contributed by atoms with Crippen LogP contribution in [0.15, 0.2) is 30.5 Å². The number of benzene rings is 1. The van der Waals surface area contributed by atoms with E-state index in [4.69, 9.17) is 0 Å². The van der Waals surface area contributed by atoms with Crippen LogP contribution in [0.1, 0.15) is 36.9 Å². The molecule has 0 aliphatic carbocycles. The van der Waals surface area contributed by atoms with Crippen molar-refractivity contribution in [1.82, 2.24) is 9.80 Å². The van der Waals surface area contributed by atoms with Crippen LogP contribution in [-0.4, -0.2) is 46.2 Å². The third-order valence-electron chi connectivity index (χ3n) is 4.68. The highest BCUT2D eigenvalue weighted by Gasteiger charge is 2.31. The summed E-state index contributed by atoms with van der Waals surface area (Å²) in [4.78, 5) is 28.3. The Bertz CT molecular complexity index is 638. The molecule has 1 aromatic rings. The van der Waals surface area contributed by atoms with Gasteiger partial charge in [0.2, 0.25) is 11.8 Å². The van der Waals surface area contributed by atoms with Crippen LogP contribution in [0.25, 0.3) is 6.08 Å². The summed E-state index contributed by atoms with van der Waals surface area (Å²) in [5.41, 5.74) is 2.13. The normalized spacial score (nSPS) is 22.8. The third-order valence-corrected chi connectivity index (χ3v) is 5.83. The molecule has 1 aromatic carbocycles. The second-order valence-corrected chi connectivity index (χ2v) is 7.26. The van der Waals surface area contributed by atoms with Crippen molar-refractivity contribution in [2.75, 3.05) is 18.6 Å². The second-order valence-electron chi connectivity index (χ2n) is 6.11. The molecule has 0 bridgehead atoms. The Kier molecular flexibility index (Phi) is 4.76. The van der Waals surface area contributed by atoms with Crippen molar-refractivity contribution >= 4 is 29.7 Å². The molecule has 4 nitrogen and oxygen atoms in total. The summed E-state index contributed by atoms with van der Waals surface area (Å²) >= 11 is 1.90. The first-order chi connectivity index (χ1) is 11.1. The fraction of sp³-hybridized carbons (Fsp3) is 0.444. The maximum absolute atomic E-state index is 12.7. The van der Waals surface area contributed by atoms with Gasteiger partial charge < -0.3 is 9.80 Å². The Morgan fingerprint density at radius 2 is 2.13 bits per heavy atom. The number of fused-ring (bicyclic) bond motifs is 1. The molecule has 2 atom stereocenters. The van der Waals surface area contributed by atoms with Gasteiger partial charge in [-0.15, -0.1) is 0 Å². The van der Waals surface area contributed by atoms with Crippen molar-refractivity contribution in [3.05, 3.63) is 41.6 Å². The molecule has 2 heterocycles. The Morgan fingerprint density at radius 1 is 1.35 bits per heavy atom. The highest BCUT2D eigenvalue weighted by molar-refractivity contribution is 7.99. The largest absolute Gasteiger partial charge is 0.342 e. The zero-order chi connectivity index (χ0) is 16.4.